The third-order valence-electron chi connectivity index (χ3n) is 2.31. The van der Waals surface area contributed by atoms with Crippen LogP contribution in [0.3, 0.4) is 0 Å². The fraction of sp³-hybridized carbons (Fsp3) is 1.00. The molecule has 1 unspecified atom stereocenters. The maximum Gasteiger partial charge on any atom is 0.0590 e. The van der Waals surface area contributed by atoms with Gasteiger partial charge in [0.25, 0.3) is 0 Å². The average molecular weight is 158 g/mol. The van der Waals surface area contributed by atoms with Crippen molar-refractivity contribution in [2.75, 3.05) is 6.61 Å². The normalized spacial score (nSPS) is 39.0. The van der Waals surface area contributed by atoms with Gasteiger partial charge in [0.1, 0.15) is 0 Å². The molecule has 11 heavy (non-hydrogen) atoms. The van der Waals surface area contributed by atoms with Crippen molar-refractivity contribution >= 4 is 0 Å². The molecule has 3 nitrogen and oxygen atoms in total. The largest absolute Gasteiger partial charge is 0.378 e. The van der Waals surface area contributed by atoms with Gasteiger partial charge in [-0.3, -0.25) is 0 Å². The Hall–Kier alpha value is -0.120. The van der Waals surface area contributed by atoms with Crippen LogP contribution < -0.4 is 11.5 Å². The third-order valence-corrected chi connectivity index (χ3v) is 2.31. The molecule has 0 aromatic carbocycles. The molecule has 0 aliphatic heterocycles. The zero-order valence-corrected chi connectivity index (χ0v) is 7.12. The van der Waals surface area contributed by atoms with E-state index < -0.39 is 0 Å². The zero-order chi connectivity index (χ0) is 8.27. The summed E-state index contributed by atoms with van der Waals surface area (Å²) in [6.07, 6.45) is 3.36. The summed E-state index contributed by atoms with van der Waals surface area (Å²) < 4.78 is 5.47. The van der Waals surface area contributed by atoms with Crippen LogP contribution in [-0.4, -0.2) is 24.8 Å². The summed E-state index contributed by atoms with van der Waals surface area (Å²) in [7, 11) is 0. The van der Waals surface area contributed by atoms with Gasteiger partial charge in [0.2, 0.25) is 0 Å². The van der Waals surface area contributed by atoms with Crippen LogP contribution >= 0.6 is 0 Å². The van der Waals surface area contributed by atoms with Crippen LogP contribution in [0.2, 0.25) is 0 Å². The summed E-state index contributed by atoms with van der Waals surface area (Å²) in [4.78, 5) is 0. The van der Waals surface area contributed by atoms with Crippen molar-refractivity contribution in [3.63, 3.8) is 0 Å². The number of hydrogen-bond donors (Lipinski definition) is 2. The first kappa shape index (κ1) is 8.97. The minimum atomic E-state index is 0.139. The topological polar surface area (TPSA) is 61.3 Å². The summed E-state index contributed by atoms with van der Waals surface area (Å²) in [6.45, 7) is 2.80. The molecule has 1 fully saturated rings. The van der Waals surface area contributed by atoms with Crippen molar-refractivity contribution < 1.29 is 4.74 Å². The second kappa shape index (κ2) is 4.04. The molecule has 1 aliphatic carbocycles. The second-order valence-electron chi connectivity index (χ2n) is 3.22. The number of hydrogen-bond acceptors (Lipinski definition) is 3. The van der Waals surface area contributed by atoms with E-state index in [4.69, 9.17) is 16.2 Å². The molecule has 3 atom stereocenters. The smallest absolute Gasteiger partial charge is 0.0590 e. The Morgan fingerprint density at radius 1 is 1.27 bits per heavy atom. The summed E-state index contributed by atoms with van der Waals surface area (Å²) in [5.74, 6) is 0. The first-order valence-electron chi connectivity index (χ1n) is 4.36. The van der Waals surface area contributed by atoms with Crippen LogP contribution in [-0.2, 0) is 4.74 Å². The molecule has 0 heterocycles. The average Bonchev–Trinajstić information content (AvgIpc) is 1.98. The van der Waals surface area contributed by atoms with Gasteiger partial charge in [0.05, 0.1) is 6.10 Å². The van der Waals surface area contributed by atoms with Crippen LogP contribution in [0.4, 0.5) is 0 Å². The predicted molar refractivity (Wildman–Crippen MR) is 45.2 cm³/mol. The first-order valence-corrected chi connectivity index (χ1v) is 4.36. The lowest BCUT2D eigenvalue weighted by Crippen LogP contribution is -2.47. The van der Waals surface area contributed by atoms with Crippen molar-refractivity contribution in [1.82, 2.24) is 0 Å². The van der Waals surface area contributed by atoms with E-state index in [-0.39, 0.29) is 12.1 Å². The van der Waals surface area contributed by atoms with Crippen molar-refractivity contribution in [1.29, 1.82) is 0 Å². The highest BCUT2D eigenvalue weighted by Crippen LogP contribution is 2.18. The summed E-state index contributed by atoms with van der Waals surface area (Å²) >= 11 is 0. The SMILES string of the molecule is CCOC1CC[C@H](N)[C@H](N)C1. The molecule has 66 valence electrons. The summed E-state index contributed by atoms with van der Waals surface area (Å²) in [5, 5.41) is 0. The van der Waals surface area contributed by atoms with Crippen molar-refractivity contribution in [2.24, 2.45) is 11.5 Å². The molecule has 0 amide bonds. The molecule has 0 aromatic heterocycles. The van der Waals surface area contributed by atoms with Crippen LogP contribution in [0.25, 0.3) is 0 Å². The fourth-order valence-corrected chi connectivity index (χ4v) is 1.58. The minimum absolute atomic E-state index is 0.139. The third kappa shape index (κ3) is 2.43. The quantitative estimate of drug-likeness (QED) is 0.604. The van der Waals surface area contributed by atoms with E-state index in [0.717, 1.165) is 25.9 Å². The highest BCUT2D eigenvalue weighted by molar-refractivity contribution is 4.85. The van der Waals surface area contributed by atoms with E-state index in [2.05, 4.69) is 0 Å². The Kier molecular flexibility index (Phi) is 3.30. The molecular formula is C8H18N2O. The monoisotopic (exact) mass is 158 g/mol. The number of rotatable bonds is 2. The van der Waals surface area contributed by atoms with Gasteiger partial charge in [0.15, 0.2) is 0 Å². The Labute approximate surface area is 68.1 Å². The van der Waals surface area contributed by atoms with Crippen LogP contribution in [0.5, 0.6) is 0 Å². The summed E-state index contributed by atoms with van der Waals surface area (Å²) in [5.41, 5.74) is 11.5. The summed E-state index contributed by atoms with van der Waals surface area (Å²) in [6, 6.07) is 0.326. The van der Waals surface area contributed by atoms with Crippen LogP contribution in [0, 0.1) is 0 Å². The molecule has 0 saturated heterocycles. The van der Waals surface area contributed by atoms with Gasteiger partial charge in [-0.15, -0.1) is 0 Å². The predicted octanol–water partition coefficient (Wildman–Crippen LogP) is 0.230. The molecule has 4 N–H and O–H groups in total. The maximum absolute atomic E-state index is 5.79. The highest BCUT2D eigenvalue weighted by atomic mass is 16.5. The van der Waals surface area contributed by atoms with Gasteiger partial charge < -0.3 is 16.2 Å². The van der Waals surface area contributed by atoms with Gasteiger partial charge in [-0.05, 0) is 26.2 Å². The Morgan fingerprint density at radius 3 is 2.55 bits per heavy atom. The first-order chi connectivity index (χ1) is 5.24. The van der Waals surface area contributed by atoms with Gasteiger partial charge in [-0.1, -0.05) is 0 Å². The van der Waals surface area contributed by atoms with Crippen molar-refractivity contribution in [3.05, 3.63) is 0 Å². The minimum Gasteiger partial charge on any atom is -0.378 e. The molecule has 1 rings (SSSR count). The van der Waals surface area contributed by atoms with E-state index >= 15 is 0 Å². The Balaban J connectivity index is 2.28. The van der Waals surface area contributed by atoms with E-state index in [1.807, 2.05) is 6.92 Å². The maximum atomic E-state index is 5.79. The molecule has 0 aromatic rings. The fourth-order valence-electron chi connectivity index (χ4n) is 1.58. The van der Waals surface area contributed by atoms with E-state index in [9.17, 15) is 0 Å². The molecule has 1 aliphatic rings. The molecule has 3 heteroatoms. The number of nitrogens with two attached hydrogens (primary N) is 2. The van der Waals surface area contributed by atoms with E-state index in [0.29, 0.717) is 6.10 Å². The van der Waals surface area contributed by atoms with Gasteiger partial charge in [0, 0.05) is 18.7 Å². The Bertz CT molecular complexity index is 119. The van der Waals surface area contributed by atoms with Crippen molar-refractivity contribution in [2.45, 2.75) is 44.4 Å². The lowest BCUT2D eigenvalue weighted by atomic mass is 9.89. The standard InChI is InChI=1S/C8H18N2O/c1-2-11-6-3-4-7(9)8(10)5-6/h6-8H,2-5,9-10H2,1H3/t6?,7-,8+/m0/s1. The van der Waals surface area contributed by atoms with E-state index in [1.165, 1.54) is 0 Å². The van der Waals surface area contributed by atoms with Gasteiger partial charge in [-0.25, -0.2) is 0 Å². The second-order valence-corrected chi connectivity index (χ2v) is 3.22. The van der Waals surface area contributed by atoms with E-state index in [1.54, 1.807) is 0 Å². The molecule has 0 radical (unpaired) electrons. The molecule has 0 bridgehead atoms. The molecular weight excluding hydrogens is 140 g/mol. The highest BCUT2D eigenvalue weighted by Gasteiger charge is 2.25. The Morgan fingerprint density at radius 2 is 2.00 bits per heavy atom. The zero-order valence-electron chi connectivity index (χ0n) is 7.12. The van der Waals surface area contributed by atoms with Gasteiger partial charge in [-0.2, -0.15) is 0 Å². The number of ether oxygens (including phenoxy) is 1. The van der Waals surface area contributed by atoms with Crippen LogP contribution in [0.15, 0.2) is 0 Å². The lowest BCUT2D eigenvalue weighted by Gasteiger charge is -2.31. The molecule has 0 spiro atoms. The van der Waals surface area contributed by atoms with Crippen molar-refractivity contribution in [3.8, 4) is 0 Å². The lowest BCUT2D eigenvalue weighted by molar-refractivity contribution is 0.0275. The molecule has 1 saturated carbocycles. The van der Waals surface area contributed by atoms with Crippen LogP contribution in [0.1, 0.15) is 26.2 Å². The van der Waals surface area contributed by atoms with Gasteiger partial charge >= 0.3 is 0 Å².